The molecule has 114 valence electrons. The molecule has 6 heteroatoms. The van der Waals surface area contributed by atoms with E-state index in [1.165, 1.54) is 10.5 Å². The number of hydrogen-bond acceptors (Lipinski definition) is 5. The van der Waals surface area contributed by atoms with E-state index in [4.69, 9.17) is 9.47 Å². The summed E-state index contributed by atoms with van der Waals surface area (Å²) in [5.74, 6) is 1.50. The van der Waals surface area contributed by atoms with Crippen LogP contribution in [0.3, 0.4) is 0 Å². The number of nitrogens with one attached hydrogen (secondary N) is 1. The van der Waals surface area contributed by atoms with E-state index < -0.39 is 0 Å². The molecule has 0 unspecified atom stereocenters. The summed E-state index contributed by atoms with van der Waals surface area (Å²) in [6.07, 6.45) is 4.04. The zero-order valence-electron chi connectivity index (χ0n) is 13.1. The first kappa shape index (κ1) is 15.6. The maximum absolute atomic E-state index is 5.38. The summed E-state index contributed by atoms with van der Waals surface area (Å²) in [5.41, 5.74) is 3.20. The Morgan fingerprint density at radius 2 is 1.90 bits per heavy atom. The Balaban J connectivity index is 2.24. The van der Waals surface area contributed by atoms with Crippen LogP contribution >= 0.6 is 11.8 Å². The lowest BCUT2D eigenvalue weighted by atomic mass is 10.2. The van der Waals surface area contributed by atoms with Gasteiger partial charge in [0, 0.05) is 24.7 Å². The van der Waals surface area contributed by atoms with Crippen molar-refractivity contribution in [3.63, 3.8) is 0 Å². The van der Waals surface area contributed by atoms with Crippen molar-refractivity contribution in [3.8, 4) is 11.5 Å². The minimum absolute atomic E-state index is 0.711. The third-order valence-electron chi connectivity index (χ3n) is 3.27. The fraction of sp³-hybridized carbons (Fsp3) is 0.400. The van der Waals surface area contributed by atoms with E-state index in [1.54, 1.807) is 26.0 Å². The topological polar surface area (TPSA) is 48.3 Å². The van der Waals surface area contributed by atoms with Crippen LogP contribution in [0.25, 0.3) is 0 Å². The Morgan fingerprint density at radius 1 is 1.24 bits per heavy atom. The molecular formula is C15H21N3O2S. The van der Waals surface area contributed by atoms with Gasteiger partial charge in [-0.2, -0.15) is 5.10 Å². The molecule has 1 aromatic carbocycles. The second-order valence-electron chi connectivity index (χ2n) is 4.67. The van der Waals surface area contributed by atoms with Crippen molar-refractivity contribution in [2.75, 3.05) is 25.8 Å². The average Bonchev–Trinajstić information content (AvgIpc) is 2.81. The summed E-state index contributed by atoms with van der Waals surface area (Å²) in [6.45, 7) is 2.70. The molecule has 1 aromatic heterocycles. The molecule has 2 rings (SSSR count). The number of nitrogens with zero attached hydrogens (tertiary/aromatic N) is 2. The summed E-state index contributed by atoms with van der Waals surface area (Å²) in [4.78, 5) is 1.17. The highest BCUT2D eigenvalue weighted by molar-refractivity contribution is 7.98. The Hall–Kier alpha value is -1.82. The van der Waals surface area contributed by atoms with E-state index in [1.807, 2.05) is 37.0 Å². The minimum atomic E-state index is 0.711. The highest BCUT2D eigenvalue weighted by atomic mass is 32.2. The van der Waals surface area contributed by atoms with Crippen molar-refractivity contribution in [3.05, 3.63) is 29.6 Å². The van der Waals surface area contributed by atoms with Crippen molar-refractivity contribution in [1.82, 2.24) is 9.78 Å². The van der Waals surface area contributed by atoms with Gasteiger partial charge in [-0.1, -0.05) is 0 Å². The Labute approximate surface area is 129 Å². The highest BCUT2D eigenvalue weighted by Crippen LogP contribution is 2.34. The van der Waals surface area contributed by atoms with Crippen LogP contribution < -0.4 is 14.8 Å². The van der Waals surface area contributed by atoms with Crippen LogP contribution in [-0.4, -0.2) is 30.3 Å². The van der Waals surface area contributed by atoms with E-state index in [0.29, 0.717) is 6.54 Å². The molecule has 0 spiro atoms. The fourth-order valence-corrected chi connectivity index (χ4v) is 2.81. The van der Waals surface area contributed by atoms with Crippen molar-refractivity contribution < 1.29 is 9.47 Å². The predicted molar refractivity (Wildman–Crippen MR) is 86.6 cm³/mol. The van der Waals surface area contributed by atoms with Crippen molar-refractivity contribution in [1.29, 1.82) is 0 Å². The van der Waals surface area contributed by atoms with Crippen LogP contribution in [0.15, 0.2) is 23.2 Å². The van der Waals surface area contributed by atoms with Crippen LogP contribution in [0, 0.1) is 6.92 Å². The molecule has 5 nitrogen and oxygen atoms in total. The van der Waals surface area contributed by atoms with Gasteiger partial charge >= 0.3 is 0 Å². The van der Waals surface area contributed by atoms with Gasteiger partial charge in [0.05, 0.1) is 25.6 Å². The second kappa shape index (κ2) is 6.76. The number of methoxy groups -OCH3 is 2. The molecule has 2 aromatic rings. The number of hydrogen-bond donors (Lipinski definition) is 1. The Bertz CT molecular complexity index is 626. The molecule has 1 heterocycles. The number of aryl methyl sites for hydroxylation is 2. The molecule has 0 saturated heterocycles. The van der Waals surface area contributed by atoms with Gasteiger partial charge in [-0.25, -0.2) is 0 Å². The van der Waals surface area contributed by atoms with E-state index >= 15 is 0 Å². The number of aromatic nitrogens is 2. The molecule has 1 N–H and O–H groups in total. The van der Waals surface area contributed by atoms with Crippen LogP contribution in [0.1, 0.15) is 11.3 Å². The molecule has 21 heavy (non-hydrogen) atoms. The summed E-state index contributed by atoms with van der Waals surface area (Å²) in [5, 5.41) is 7.75. The third-order valence-corrected chi connectivity index (χ3v) is 4.09. The lowest BCUT2D eigenvalue weighted by Crippen LogP contribution is -2.03. The van der Waals surface area contributed by atoms with E-state index in [2.05, 4.69) is 16.7 Å². The Kier molecular flexibility index (Phi) is 5.01. The zero-order valence-corrected chi connectivity index (χ0v) is 13.9. The second-order valence-corrected chi connectivity index (χ2v) is 5.52. The largest absolute Gasteiger partial charge is 0.493 e. The zero-order chi connectivity index (χ0) is 15.4. The summed E-state index contributed by atoms with van der Waals surface area (Å²) >= 11 is 1.69. The van der Waals surface area contributed by atoms with Gasteiger partial charge in [-0.15, -0.1) is 11.8 Å². The molecule has 0 aliphatic rings. The summed E-state index contributed by atoms with van der Waals surface area (Å²) < 4.78 is 12.5. The predicted octanol–water partition coefficient (Wildman–Crippen LogP) is 3.08. The van der Waals surface area contributed by atoms with E-state index in [0.717, 1.165) is 22.9 Å². The molecule has 0 fully saturated rings. The lowest BCUT2D eigenvalue weighted by Gasteiger charge is -2.14. The SMILES string of the molecule is COc1cc(CNc2cn(C)nc2C)c(SC)cc1OC. The molecule has 0 atom stereocenters. The normalized spacial score (nSPS) is 10.5. The molecular weight excluding hydrogens is 286 g/mol. The smallest absolute Gasteiger partial charge is 0.161 e. The van der Waals surface area contributed by atoms with Gasteiger partial charge in [-0.05, 0) is 30.9 Å². The van der Waals surface area contributed by atoms with Gasteiger partial charge < -0.3 is 14.8 Å². The monoisotopic (exact) mass is 307 g/mol. The number of benzene rings is 1. The fourth-order valence-electron chi connectivity index (χ4n) is 2.19. The molecule has 0 bridgehead atoms. The molecule has 0 aliphatic heterocycles. The number of anilines is 1. The van der Waals surface area contributed by atoms with E-state index in [-0.39, 0.29) is 0 Å². The van der Waals surface area contributed by atoms with Crippen LogP contribution in [0.2, 0.25) is 0 Å². The van der Waals surface area contributed by atoms with Crippen LogP contribution in [0.5, 0.6) is 11.5 Å². The molecule has 0 amide bonds. The first-order chi connectivity index (χ1) is 10.1. The number of thioether (sulfide) groups is 1. The number of ether oxygens (including phenoxy) is 2. The molecule has 0 radical (unpaired) electrons. The first-order valence-corrected chi connectivity index (χ1v) is 7.84. The van der Waals surface area contributed by atoms with E-state index in [9.17, 15) is 0 Å². The lowest BCUT2D eigenvalue weighted by molar-refractivity contribution is 0.353. The first-order valence-electron chi connectivity index (χ1n) is 6.62. The maximum atomic E-state index is 5.38. The van der Waals surface area contributed by atoms with Gasteiger partial charge in [-0.3, -0.25) is 4.68 Å². The highest BCUT2D eigenvalue weighted by Gasteiger charge is 2.11. The van der Waals surface area contributed by atoms with Crippen molar-refractivity contribution in [2.24, 2.45) is 7.05 Å². The third kappa shape index (κ3) is 3.44. The molecule has 0 saturated carbocycles. The van der Waals surface area contributed by atoms with Crippen LogP contribution in [-0.2, 0) is 13.6 Å². The van der Waals surface area contributed by atoms with Gasteiger partial charge in [0.2, 0.25) is 0 Å². The molecule has 0 aliphatic carbocycles. The van der Waals surface area contributed by atoms with Crippen molar-refractivity contribution in [2.45, 2.75) is 18.4 Å². The minimum Gasteiger partial charge on any atom is -0.493 e. The summed E-state index contributed by atoms with van der Waals surface area (Å²) in [7, 11) is 5.22. The standard InChI is InChI=1S/C15H21N3O2S/c1-10-12(9-18(2)17-10)16-8-11-6-13(19-3)14(20-4)7-15(11)21-5/h6-7,9,16H,8H2,1-5H3. The summed E-state index contributed by atoms with van der Waals surface area (Å²) in [6, 6.07) is 4.03. The van der Waals surface area contributed by atoms with Crippen LogP contribution in [0.4, 0.5) is 5.69 Å². The van der Waals surface area contributed by atoms with Crippen molar-refractivity contribution >= 4 is 17.4 Å². The quantitative estimate of drug-likeness (QED) is 0.831. The van der Waals surface area contributed by atoms with Gasteiger partial charge in [0.15, 0.2) is 11.5 Å². The number of rotatable bonds is 6. The maximum Gasteiger partial charge on any atom is 0.161 e. The Morgan fingerprint density at radius 3 is 2.43 bits per heavy atom. The van der Waals surface area contributed by atoms with Gasteiger partial charge in [0.1, 0.15) is 0 Å². The van der Waals surface area contributed by atoms with Gasteiger partial charge in [0.25, 0.3) is 0 Å². The average molecular weight is 307 g/mol.